The lowest BCUT2D eigenvalue weighted by molar-refractivity contribution is 0.455. The molecule has 0 amide bonds. The minimum atomic E-state index is -3.56. The van der Waals surface area contributed by atoms with Crippen LogP contribution in [-0.4, -0.2) is 30.9 Å². The van der Waals surface area contributed by atoms with E-state index in [-0.39, 0.29) is 34.4 Å². The Morgan fingerprint density at radius 2 is 1.67 bits per heavy atom. The molecular weight excluding hydrogens is 254 g/mol. The molecular formula is C12H11NO4S. The third-order valence-electron chi connectivity index (χ3n) is 3.10. The molecule has 0 aromatic heterocycles. The number of rotatable bonds is 0. The molecule has 0 radical (unpaired) electrons. The highest BCUT2D eigenvalue weighted by Gasteiger charge is 2.31. The zero-order chi connectivity index (χ0) is 12.9. The first kappa shape index (κ1) is 11.2. The van der Waals surface area contributed by atoms with Crippen LogP contribution < -0.4 is 5.32 Å². The number of nitrogens with one attached hydrogen (secondary N) is 1. The maximum atomic E-state index is 12.0. The Balaban J connectivity index is 2.55. The van der Waals surface area contributed by atoms with E-state index in [1.807, 2.05) is 0 Å². The van der Waals surface area contributed by atoms with Crippen molar-refractivity contribution in [2.75, 3.05) is 17.6 Å². The quantitative estimate of drug-likeness (QED) is 0.496. The van der Waals surface area contributed by atoms with E-state index in [0.29, 0.717) is 10.8 Å². The molecule has 94 valence electrons. The maximum Gasteiger partial charge on any atom is 0.185 e. The number of anilines is 1. The summed E-state index contributed by atoms with van der Waals surface area (Å²) in [7, 11) is -3.56. The smallest absolute Gasteiger partial charge is 0.185 e. The molecule has 0 unspecified atom stereocenters. The van der Waals surface area contributed by atoms with Gasteiger partial charge in [-0.1, -0.05) is 24.3 Å². The van der Waals surface area contributed by atoms with E-state index in [9.17, 15) is 18.6 Å². The molecule has 0 saturated carbocycles. The van der Waals surface area contributed by atoms with E-state index in [0.717, 1.165) is 0 Å². The molecule has 18 heavy (non-hydrogen) atoms. The van der Waals surface area contributed by atoms with Gasteiger partial charge in [0, 0.05) is 17.3 Å². The molecule has 0 spiro atoms. The van der Waals surface area contributed by atoms with Gasteiger partial charge >= 0.3 is 0 Å². The van der Waals surface area contributed by atoms with E-state index in [1.54, 1.807) is 24.3 Å². The number of hydrogen-bond donors (Lipinski definition) is 3. The van der Waals surface area contributed by atoms with Gasteiger partial charge in [-0.3, -0.25) is 0 Å². The van der Waals surface area contributed by atoms with Crippen molar-refractivity contribution in [1.29, 1.82) is 0 Å². The Bertz CT molecular complexity index is 752. The zero-order valence-electron chi connectivity index (χ0n) is 9.34. The van der Waals surface area contributed by atoms with Gasteiger partial charge in [-0.15, -0.1) is 0 Å². The fraction of sp³-hybridized carbons (Fsp3) is 0.167. The summed E-state index contributed by atoms with van der Waals surface area (Å²) in [4.78, 5) is -0.204. The number of sulfone groups is 1. The summed E-state index contributed by atoms with van der Waals surface area (Å²) in [5.74, 6) is -0.530. The monoisotopic (exact) mass is 265 g/mol. The van der Waals surface area contributed by atoms with Gasteiger partial charge in [0.2, 0.25) is 0 Å². The van der Waals surface area contributed by atoms with Crippen LogP contribution in [0.3, 0.4) is 0 Å². The van der Waals surface area contributed by atoms with E-state index in [1.165, 1.54) is 0 Å². The minimum absolute atomic E-state index is 0.0919. The average Bonchev–Trinajstić information content (AvgIpc) is 2.35. The molecule has 3 N–H and O–H groups in total. The minimum Gasteiger partial charge on any atom is -0.506 e. The first-order chi connectivity index (χ1) is 8.52. The number of hydrogen-bond acceptors (Lipinski definition) is 5. The van der Waals surface area contributed by atoms with Crippen molar-refractivity contribution >= 4 is 26.3 Å². The molecule has 3 rings (SSSR count). The zero-order valence-corrected chi connectivity index (χ0v) is 10.2. The van der Waals surface area contributed by atoms with Crippen molar-refractivity contribution in [3.8, 4) is 11.5 Å². The first-order valence-corrected chi connectivity index (χ1v) is 7.11. The van der Waals surface area contributed by atoms with Gasteiger partial charge in [0.1, 0.15) is 16.4 Å². The molecule has 5 nitrogen and oxygen atoms in total. The second-order valence-electron chi connectivity index (χ2n) is 4.19. The summed E-state index contributed by atoms with van der Waals surface area (Å²) in [6, 6.07) is 6.60. The van der Waals surface area contributed by atoms with Crippen molar-refractivity contribution in [2.24, 2.45) is 0 Å². The predicted molar refractivity (Wildman–Crippen MR) is 67.8 cm³/mol. The van der Waals surface area contributed by atoms with Crippen LogP contribution in [0.2, 0.25) is 0 Å². The maximum absolute atomic E-state index is 12.0. The van der Waals surface area contributed by atoms with E-state index in [4.69, 9.17) is 0 Å². The highest BCUT2D eigenvalue weighted by atomic mass is 32.2. The van der Waals surface area contributed by atoms with Gasteiger partial charge < -0.3 is 15.5 Å². The van der Waals surface area contributed by atoms with Crippen LogP contribution in [0, 0.1) is 0 Å². The lowest BCUT2D eigenvalue weighted by atomic mass is 10.1. The van der Waals surface area contributed by atoms with Crippen LogP contribution in [0.25, 0.3) is 10.8 Å². The average molecular weight is 265 g/mol. The second-order valence-corrected chi connectivity index (χ2v) is 6.24. The predicted octanol–water partition coefficient (Wildman–Crippen LogP) is 1.45. The van der Waals surface area contributed by atoms with Crippen molar-refractivity contribution in [3.63, 3.8) is 0 Å². The van der Waals surface area contributed by atoms with E-state index >= 15 is 0 Å². The third kappa shape index (κ3) is 1.35. The lowest BCUT2D eigenvalue weighted by Gasteiger charge is -2.21. The van der Waals surface area contributed by atoms with Crippen molar-refractivity contribution < 1.29 is 18.6 Å². The Morgan fingerprint density at radius 1 is 1.06 bits per heavy atom. The molecule has 1 heterocycles. The van der Waals surface area contributed by atoms with Gasteiger partial charge in [-0.25, -0.2) is 8.42 Å². The van der Waals surface area contributed by atoms with Gasteiger partial charge in [0.15, 0.2) is 9.84 Å². The summed E-state index contributed by atoms with van der Waals surface area (Å²) >= 11 is 0. The molecule has 0 saturated heterocycles. The molecule has 0 bridgehead atoms. The van der Waals surface area contributed by atoms with Gasteiger partial charge in [0.05, 0.1) is 11.4 Å². The number of phenols is 2. The summed E-state index contributed by atoms with van der Waals surface area (Å²) in [5.41, 5.74) is 0.0949. The Morgan fingerprint density at radius 3 is 2.33 bits per heavy atom. The fourth-order valence-electron chi connectivity index (χ4n) is 2.26. The molecule has 0 aliphatic carbocycles. The first-order valence-electron chi connectivity index (χ1n) is 5.45. The van der Waals surface area contributed by atoms with Gasteiger partial charge in [-0.05, 0) is 0 Å². The van der Waals surface area contributed by atoms with Crippen molar-refractivity contribution in [1.82, 2.24) is 0 Å². The molecule has 0 fully saturated rings. The molecule has 1 aliphatic rings. The van der Waals surface area contributed by atoms with Gasteiger partial charge in [-0.2, -0.15) is 0 Å². The summed E-state index contributed by atoms with van der Waals surface area (Å²) in [6.45, 7) is 0.223. The normalized spacial score (nSPS) is 17.1. The number of fused-ring (bicyclic) bond motifs is 2. The molecule has 2 aromatic rings. The SMILES string of the molecule is O=S1(=O)CCNc2c1c(O)c1ccccc1c2O. The standard InChI is InChI=1S/C12H11NO4S/c14-10-7-3-1-2-4-8(7)11(15)12-9(10)13-5-6-18(12,16)17/h1-4,13-15H,5-6H2. The van der Waals surface area contributed by atoms with Crippen LogP contribution in [0.5, 0.6) is 11.5 Å². The Hall–Kier alpha value is -1.95. The Kier molecular flexibility index (Phi) is 2.18. The van der Waals surface area contributed by atoms with Crippen LogP contribution in [0.4, 0.5) is 5.69 Å². The van der Waals surface area contributed by atoms with Gasteiger partial charge in [0.25, 0.3) is 0 Å². The number of phenolic OH excluding ortho intramolecular Hbond substituents is 2. The van der Waals surface area contributed by atoms with Crippen LogP contribution in [0.1, 0.15) is 0 Å². The highest BCUT2D eigenvalue weighted by molar-refractivity contribution is 7.91. The third-order valence-corrected chi connectivity index (χ3v) is 4.86. The molecule has 2 aromatic carbocycles. The summed E-state index contributed by atoms with van der Waals surface area (Å²) in [6.07, 6.45) is 0. The number of benzene rings is 2. The topological polar surface area (TPSA) is 86.6 Å². The lowest BCUT2D eigenvalue weighted by Crippen LogP contribution is -2.23. The molecule has 6 heteroatoms. The van der Waals surface area contributed by atoms with E-state index in [2.05, 4.69) is 5.32 Å². The Labute approximate surface area is 104 Å². The summed E-state index contributed by atoms with van der Waals surface area (Å²) in [5, 5.41) is 23.8. The highest BCUT2D eigenvalue weighted by Crippen LogP contribution is 2.46. The van der Waals surface area contributed by atoms with Crippen molar-refractivity contribution in [2.45, 2.75) is 4.90 Å². The second kappa shape index (κ2) is 3.52. The molecule has 1 aliphatic heterocycles. The van der Waals surface area contributed by atoms with Crippen LogP contribution in [0.15, 0.2) is 29.2 Å². The number of aromatic hydroxyl groups is 2. The molecule has 0 atom stereocenters. The van der Waals surface area contributed by atoms with Crippen molar-refractivity contribution in [3.05, 3.63) is 24.3 Å². The fourth-order valence-corrected chi connectivity index (χ4v) is 3.72. The summed E-state index contributed by atoms with van der Waals surface area (Å²) < 4.78 is 24.0. The largest absolute Gasteiger partial charge is 0.506 e. The van der Waals surface area contributed by atoms with E-state index < -0.39 is 9.84 Å². The van der Waals surface area contributed by atoms with Crippen LogP contribution in [-0.2, 0) is 9.84 Å². The van der Waals surface area contributed by atoms with Crippen LogP contribution >= 0.6 is 0 Å².